The van der Waals surface area contributed by atoms with Crippen molar-refractivity contribution in [1.29, 1.82) is 0 Å². The summed E-state index contributed by atoms with van der Waals surface area (Å²) in [6, 6.07) is 7.79. The zero-order chi connectivity index (χ0) is 20.6. The van der Waals surface area contributed by atoms with Crippen LogP contribution in [0.2, 0.25) is 0 Å². The molecule has 2 atom stereocenters. The molecule has 2 aromatic rings. The number of aromatic amines is 1. The quantitative estimate of drug-likeness (QED) is 0.796. The number of hydrogen-bond donors (Lipinski definition) is 2. The lowest BCUT2D eigenvalue weighted by Gasteiger charge is -2.36. The molecule has 156 valence electrons. The van der Waals surface area contributed by atoms with Gasteiger partial charge in [-0.3, -0.25) is 19.4 Å². The minimum Gasteiger partial charge on any atom is -0.494 e. The zero-order valence-electron chi connectivity index (χ0n) is 17.0. The predicted octanol–water partition coefficient (Wildman–Crippen LogP) is 3.48. The minimum absolute atomic E-state index is 0.0568. The number of carbonyl (C=O) groups is 1. The van der Waals surface area contributed by atoms with Gasteiger partial charge in [0.1, 0.15) is 11.6 Å². The fraction of sp³-hybridized carbons (Fsp3) is 0.524. The van der Waals surface area contributed by atoms with E-state index in [0.717, 1.165) is 24.2 Å². The number of nitrogens with zero attached hydrogens (tertiary/aromatic N) is 1. The fourth-order valence-electron chi connectivity index (χ4n) is 4.17. The third kappa shape index (κ3) is 3.96. The van der Waals surface area contributed by atoms with E-state index < -0.39 is 0 Å². The monoisotopic (exact) mass is 417 g/mol. The first kappa shape index (κ1) is 20.1. The normalized spacial score (nSPS) is 23.8. The second-order valence-corrected chi connectivity index (χ2v) is 9.13. The summed E-state index contributed by atoms with van der Waals surface area (Å²) in [6.45, 7) is 7.19. The largest absolute Gasteiger partial charge is 0.494 e. The highest BCUT2D eigenvalue weighted by Gasteiger charge is 2.36. The molecule has 1 aromatic heterocycles. The van der Waals surface area contributed by atoms with E-state index in [4.69, 9.17) is 9.47 Å². The SMILES string of the molecule is CCOc1ccccc1C1SCC(=O)Nc2c1c(=O)[nH]n2C1CCOC(C)(C)C1. The molecule has 1 aromatic carbocycles. The number of rotatable bonds is 4. The van der Waals surface area contributed by atoms with Gasteiger partial charge in [0.15, 0.2) is 0 Å². The number of ether oxygens (including phenoxy) is 2. The van der Waals surface area contributed by atoms with Crippen LogP contribution in [0, 0.1) is 0 Å². The molecule has 1 saturated heterocycles. The Morgan fingerprint density at radius 2 is 2.10 bits per heavy atom. The molecule has 4 rings (SSSR count). The van der Waals surface area contributed by atoms with Gasteiger partial charge in [0, 0.05) is 12.2 Å². The Morgan fingerprint density at radius 3 is 2.86 bits per heavy atom. The van der Waals surface area contributed by atoms with Crippen LogP contribution in [0.15, 0.2) is 29.1 Å². The highest BCUT2D eigenvalue weighted by Crippen LogP contribution is 2.44. The van der Waals surface area contributed by atoms with Crippen molar-refractivity contribution in [2.75, 3.05) is 24.3 Å². The average molecular weight is 418 g/mol. The van der Waals surface area contributed by atoms with Gasteiger partial charge in [0.05, 0.1) is 34.8 Å². The average Bonchev–Trinajstić information content (AvgIpc) is 2.88. The van der Waals surface area contributed by atoms with Crippen LogP contribution in [-0.4, -0.2) is 40.3 Å². The number of aromatic nitrogens is 2. The number of amides is 1. The molecule has 0 radical (unpaired) electrons. The Balaban J connectivity index is 1.81. The van der Waals surface area contributed by atoms with Gasteiger partial charge >= 0.3 is 0 Å². The lowest BCUT2D eigenvalue weighted by molar-refractivity contribution is -0.113. The first-order valence-corrected chi connectivity index (χ1v) is 11.1. The van der Waals surface area contributed by atoms with Crippen LogP contribution in [0.25, 0.3) is 0 Å². The van der Waals surface area contributed by atoms with Gasteiger partial charge in [-0.2, -0.15) is 0 Å². The Kier molecular flexibility index (Phi) is 5.48. The molecule has 1 amide bonds. The van der Waals surface area contributed by atoms with Crippen molar-refractivity contribution in [1.82, 2.24) is 9.78 Å². The maximum Gasteiger partial charge on any atom is 0.270 e. The van der Waals surface area contributed by atoms with Crippen molar-refractivity contribution in [3.63, 3.8) is 0 Å². The van der Waals surface area contributed by atoms with E-state index in [1.54, 1.807) is 0 Å². The Hall–Kier alpha value is -2.19. The summed E-state index contributed by atoms with van der Waals surface area (Å²) >= 11 is 1.45. The summed E-state index contributed by atoms with van der Waals surface area (Å²) < 4.78 is 13.5. The van der Waals surface area contributed by atoms with E-state index in [1.807, 2.05) is 35.9 Å². The summed E-state index contributed by atoms with van der Waals surface area (Å²) in [6.07, 6.45) is 1.54. The van der Waals surface area contributed by atoms with Gasteiger partial charge in [-0.1, -0.05) is 18.2 Å². The number of para-hydroxylation sites is 1. The number of anilines is 1. The minimum atomic E-state index is -0.287. The van der Waals surface area contributed by atoms with Crippen molar-refractivity contribution in [3.8, 4) is 5.75 Å². The number of fused-ring (bicyclic) bond motifs is 1. The number of nitrogens with one attached hydrogen (secondary N) is 2. The second kappa shape index (κ2) is 7.91. The number of benzene rings is 1. The summed E-state index contributed by atoms with van der Waals surface area (Å²) in [4.78, 5) is 25.6. The number of H-pyrrole nitrogens is 1. The third-order valence-electron chi connectivity index (χ3n) is 5.40. The molecule has 0 saturated carbocycles. The van der Waals surface area contributed by atoms with E-state index in [9.17, 15) is 9.59 Å². The molecule has 2 aliphatic rings. The van der Waals surface area contributed by atoms with Crippen molar-refractivity contribution in [3.05, 3.63) is 45.7 Å². The maximum atomic E-state index is 13.1. The number of carbonyl (C=O) groups excluding carboxylic acids is 1. The van der Waals surface area contributed by atoms with Crippen LogP contribution in [0.3, 0.4) is 0 Å². The highest BCUT2D eigenvalue weighted by molar-refractivity contribution is 8.00. The van der Waals surface area contributed by atoms with Gasteiger partial charge < -0.3 is 14.8 Å². The van der Waals surface area contributed by atoms with Gasteiger partial charge in [-0.15, -0.1) is 11.8 Å². The van der Waals surface area contributed by atoms with E-state index in [1.165, 1.54) is 11.8 Å². The van der Waals surface area contributed by atoms with Gasteiger partial charge in [0.25, 0.3) is 5.56 Å². The van der Waals surface area contributed by atoms with Gasteiger partial charge in [-0.25, -0.2) is 0 Å². The molecule has 3 heterocycles. The van der Waals surface area contributed by atoms with E-state index in [-0.39, 0.29) is 34.1 Å². The first-order chi connectivity index (χ1) is 13.9. The molecule has 0 bridgehead atoms. The van der Waals surface area contributed by atoms with E-state index in [2.05, 4.69) is 24.3 Å². The van der Waals surface area contributed by atoms with Crippen LogP contribution < -0.4 is 15.6 Å². The predicted molar refractivity (Wildman–Crippen MR) is 114 cm³/mol. The van der Waals surface area contributed by atoms with Gasteiger partial charge in [-0.05, 0) is 39.7 Å². The van der Waals surface area contributed by atoms with Crippen molar-refractivity contribution in [2.45, 2.75) is 50.5 Å². The molecule has 29 heavy (non-hydrogen) atoms. The van der Waals surface area contributed by atoms with Crippen molar-refractivity contribution in [2.24, 2.45) is 0 Å². The van der Waals surface area contributed by atoms with Crippen molar-refractivity contribution < 1.29 is 14.3 Å². The Labute approximate surface area is 174 Å². The molecule has 2 N–H and O–H groups in total. The molecule has 0 spiro atoms. The first-order valence-electron chi connectivity index (χ1n) is 10.0. The molecule has 2 aliphatic heterocycles. The molecule has 2 unspecified atom stereocenters. The zero-order valence-corrected chi connectivity index (χ0v) is 17.8. The van der Waals surface area contributed by atoms with Crippen LogP contribution in [0.1, 0.15) is 56.0 Å². The van der Waals surface area contributed by atoms with Crippen LogP contribution in [-0.2, 0) is 9.53 Å². The smallest absolute Gasteiger partial charge is 0.270 e. The van der Waals surface area contributed by atoms with Crippen molar-refractivity contribution >= 4 is 23.5 Å². The maximum absolute atomic E-state index is 13.1. The topological polar surface area (TPSA) is 85.4 Å². The molecule has 1 fully saturated rings. The summed E-state index contributed by atoms with van der Waals surface area (Å²) in [5, 5.41) is 5.69. The summed E-state index contributed by atoms with van der Waals surface area (Å²) in [5.41, 5.74) is 1.04. The summed E-state index contributed by atoms with van der Waals surface area (Å²) in [5.74, 6) is 1.49. The molecular weight excluding hydrogens is 390 g/mol. The standard InChI is InChI=1S/C21H27N3O4S/c1-4-27-15-8-6-5-7-14(15)18-17-19(22-16(25)12-29-18)24(23-20(17)26)13-9-10-28-21(2,3)11-13/h5-8,13,18H,4,9-12H2,1-3H3,(H,22,25)(H,23,26). The second-order valence-electron chi connectivity index (χ2n) is 8.04. The Morgan fingerprint density at radius 1 is 1.31 bits per heavy atom. The molecule has 7 nitrogen and oxygen atoms in total. The molecule has 0 aliphatic carbocycles. The highest BCUT2D eigenvalue weighted by atomic mass is 32.2. The molecular formula is C21H27N3O4S. The van der Waals surface area contributed by atoms with Crippen LogP contribution in [0.5, 0.6) is 5.75 Å². The lowest BCUT2D eigenvalue weighted by atomic mass is 9.94. The van der Waals surface area contributed by atoms with E-state index >= 15 is 0 Å². The van der Waals surface area contributed by atoms with Crippen LogP contribution >= 0.6 is 11.8 Å². The summed E-state index contributed by atoms with van der Waals surface area (Å²) in [7, 11) is 0. The van der Waals surface area contributed by atoms with E-state index in [0.29, 0.717) is 24.6 Å². The molecule has 8 heteroatoms. The Bertz CT molecular complexity index is 965. The third-order valence-corrected chi connectivity index (χ3v) is 6.65. The lowest BCUT2D eigenvalue weighted by Crippen LogP contribution is -2.36. The van der Waals surface area contributed by atoms with Gasteiger partial charge in [0.2, 0.25) is 5.91 Å². The number of hydrogen-bond acceptors (Lipinski definition) is 5. The van der Waals surface area contributed by atoms with Crippen LogP contribution in [0.4, 0.5) is 5.82 Å². The fourth-order valence-corrected chi connectivity index (χ4v) is 5.32. The number of thioether (sulfide) groups is 1.